The van der Waals surface area contributed by atoms with Crippen LogP contribution in [0.3, 0.4) is 0 Å². The maximum Gasteiger partial charge on any atom is 0.340 e. The highest BCUT2D eigenvalue weighted by molar-refractivity contribution is 9.10. The molecule has 0 saturated carbocycles. The largest absolute Gasteiger partial charge is 0.872 e. The summed E-state index contributed by atoms with van der Waals surface area (Å²) in [6, 6.07) is 24.3. The molecule has 0 aliphatic carbocycles. The number of halogens is 1. The van der Waals surface area contributed by atoms with Crippen LogP contribution in [0.2, 0.25) is 0 Å². The molecule has 4 aromatic rings. The van der Waals surface area contributed by atoms with Crippen LogP contribution in [-0.4, -0.2) is 48.2 Å². The SMILES string of the molecule is CCOC(=O)c1c(CN2CC[NH+](Cc3ccccc3)CC2)n(Cc2ccccc2)c2cc(Br)c([O-])cc12. The zero-order valence-electron chi connectivity index (χ0n) is 21.1. The number of fused-ring (bicyclic) bond motifs is 1. The highest BCUT2D eigenvalue weighted by atomic mass is 79.9. The summed E-state index contributed by atoms with van der Waals surface area (Å²) in [6.07, 6.45) is 0. The van der Waals surface area contributed by atoms with Gasteiger partial charge < -0.3 is 19.3 Å². The van der Waals surface area contributed by atoms with E-state index in [1.807, 2.05) is 31.2 Å². The third-order valence-corrected chi connectivity index (χ3v) is 7.74. The topological polar surface area (TPSA) is 62.0 Å². The molecular weight excluding hydrogens is 530 g/mol. The highest BCUT2D eigenvalue weighted by Gasteiger charge is 2.28. The second kappa shape index (κ2) is 11.5. The van der Waals surface area contributed by atoms with Crippen LogP contribution in [0, 0.1) is 0 Å². The van der Waals surface area contributed by atoms with Crippen LogP contribution in [0.4, 0.5) is 0 Å². The van der Waals surface area contributed by atoms with E-state index in [2.05, 4.69) is 67.9 Å². The van der Waals surface area contributed by atoms with Crippen LogP contribution in [-0.2, 0) is 24.4 Å². The number of piperazine rings is 1. The maximum absolute atomic E-state index is 13.3. The van der Waals surface area contributed by atoms with Gasteiger partial charge in [0.1, 0.15) is 6.54 Å². The summed E-state index contributed by atoms with van der Waals surface area (Å²) >= 11 is 3.41. The first kappa shape index (κ1) is 25.5. The first-order valence-electron chi connectivity index (χ1n) is 12.9. The van der Waals surface area contributed by atoms with E-state index in [1.54, 1.807) is 11.0 Å². The van der Waals surface area contributed by atoms with Gasteiger partial charge in [0.25, 0.3) is 0 Å². The zero-order valence-corrected chi connectivity index (χ0v) is 22.7. The lowest BCUT2D eigenvalue weighted by Gasteiger charge is -2.32. The average molecular weight is 563 g/mol. The number of benzene rings is 3. The van der Waals surface area contributed by atoms with Gasteiger partial charge >= 0.3 is 5.97 Å². The normalized spacial score (nSPS) is 14.8. The van der Waals surface area contributed by atoms with E-state index in [4.69, 9.17) is 4.74 Å². The number of esters is 1. The summed E-state index contributed by atoms with van der Waals surface area (Å²) in [4.78, 5) is 17.3. The number of hydrogen-bond donors (Lipinski definition) is 1. The summed E-state index contributed by atoms with van der Waals surface area (Å²) in [5.41, 5.74) is 4.77. The first-order valence-corrected chi connectivity index (χ1v) is 13.6. The molecule has 6 nitrogen and oxygen atoms in total. The monoisotopic (exact) mass is 561 g/mol. The molecule has 1 aromatic heterocycles. The zero-order chi connectivity index (χ0) is 25.8. The van der Waals surface area contributed by atoms with Crippen LogP contribution < -0.4 is 10.0 Å². The first-order chi connectivity index (χ1) is 18.0. The molecule has 5 rings (SSSR count). The van der Waals surface area contributed by atoms with Crippen molar-refractivity contribution in [1.82, 2.24) is 9.47 Å². The Morgan fingerprint density at radius 1 is 0.973 bits per heavy atom. The van der Waals surface area contributed by atoms with Crippen LogP contribution >= 0.6 is 15.9 Å². The Hall–Kier alpha value is -3.13. The average Bonchev–Trinajstić information content (AvgIpc) is 3.18. The van der Waals surface area contributed by atoms with Crippen molar-refractivity contribution in [1.29, 1.82) is 0 Å². The predicted octanol–water partition coefficient (Wildman–Crippen LogP) is 3.60. The van der Waals surface area contributed by atoms with Gasteiger partial charge in [-0.25, -0.2) is 4.79 Å². The fraction of sp³-hybridized carbons (Fsp3) is 0.300. The molecule has 0 atom stereocenters. The second-order valence-corrected chi connectivity index (χ2v) is 10.5. The van der Waals surface area contributed by atoms with Gasteiger partial charge in [0.05, 0.1) is 30.8 Å². The van der Waals surface area contributed by atoms with E-state index >= 15 is 0 Å². The van der Waals surface area contributed by atoms with Crippen molar-refractivity contribution < 1.29 is 19.5 Å². The van der Waals surface area contributed by atoms with Gasteiger partial charge in [-0.3, -0.25) is 4.90 Å². The molecule has 3 aromatic carbocycles. The van der Waals surface area contributed by atoms with Gasteiger partial charge in [-0.05, 0) is 18.6 Å². The number of carbonyl (C=O) groups excluding carboxylic acids is 1. The summed E-state index contributed by atoms with van der Waals surface area (Å²) in [5.74, 6) is -0.510. The molecule has 2 heterocycles. The van der Waals surface area contributed by atoms with Gasteiger partial charge in [-0.1, -0.05) is 88.4 Å². The van der Waals surface area contributed by atoms with Crippen molar-refractivity contribution in [2.45, 2.75) is 26.6 Å². The minimum atomic E-state index is -0.371. The number of carbonyl (C=O) groups is 1. The van der Waals surface area contributed by atoms with E-state index in [9.17, 15) is 9.90 Å². The molecule has 1 N–H and O–H groups in total. The molecule has 0 bridgehead atoms. The Balaban J connectivity index is 1.48. The molecule has 0 unspecified atom stereocenters. The number of ether oxygens (including phenoxy) is 1. The lowest BCUT2D eigenvalue weighted by Crippen LogP contribution is -3.13. The lowest BCUT2D eigenvalue weighted by molar-refractivity contribution is -0.918. The number of aromatic nitrogens is 1. The fourth-order valence-electron chi connectivity index (χ4n) is 5.24. The third-order valence-electron chi connectivity index (χ3n) is 7.12. The number of quaternary nitrogens is 1. The molecule has 37 heavy (non-hydrogen) atoms. The summed E-state index contributed by atoms with van der Waals surface area (Å²) in [7, 11) is 0. The molecule has 0 amide bonds. The molecule has 1 aliphatic heterocycles. The lowest BCUT2D eigenvalue weighted by atomic mass is 10.1. The minimum Gasteiger partial charge on any atom is -0.872 e. The number of nitrogens with zero attached hydrogens (tertiary/aromatic N) is 2. The van der Waals surface area contributed by atoms with Crippen molar-refractivity contribution in [2.24, 2.45) is 0 Å². The Morgan fingerprint density at radius 2 is 1.62 bits per heavy atom. The Morgan fingerprint density at radius 3 is 2.27 bits per heavy atom. The van der Waals surface area contributed by atoms with Gasteiger partial charge in [-0.15, -0.1) is 0 Å². The van der Waals surface area contributed by atoms with Gasteiger partial charge in [0.15, 0.2) is 0 Å². The molecule has 1 fully saturated rings. The van der Waals surface area contributed by atoms with Crippen LogP contribution in [0.5, 0.6) is 5.75 Å². The number of nitrogens with one attached hydrogen (secondary N) is 1. The Kier molecular flexibility index (Phi) is 7.93. The summed E-state index contributed by atoms with van der Waals surface area (Å²) < 4.78 is 8.17. The molecule has 7 heteroatoms. The summed E-state index contributed by atoms with van der Waals surface area (Å²) in [6.45, 7) is 8.31. The van der Waals surface area contributed by atoms with E-state index in [1.165, 1.54) is 5.56 Å². The van der Waals surface area contributed by atoms with Gasteiger partial charge in [0, 0.05) is 47.3 Å². The molecular formula is C30H32BrN3O3. The van der Waals surface area contributed by atoms with E-state index in [-0.39, 0.29) is 18.3 Å². The molecule has 1 aliphatic rings. The minimum absolute atomic E-state index is 0.139. The van der Waals surface area contributed by atoms with Gasteiger partial charge in [0.2, 0.25) is 0 Å². The van der Waals surface area contributed by atoms with E-state index in [0.717, 1.165) is 49.5 Å². The molecule has 0 spiro atoms. The number of rotatable bonds is 8. The smallest absolute Gasteiger partial charge is 0.340 e. The van der Waals surface area contributed by atoms with E-state index < -0.39 is 0 Å². The molecule has 192 valence electrons. The van der Waals surface area contributed by atoms with Crippen molar-refractivity contribution >= 4 is 32.8 Å². The second-order valence-electron chi connectivity index (χ2n) is 9.60. The van der Waals surface area contributed by atoms with Crippen LogP contribution in [0.25, 0.3) is 10.9 Å². The van der Waals surface area contributed by atoms with Crippen LogP contribution in [0.1, 0.15) is 34.1 Å². The quantitative estimate of drug-likeness (QED) is 0.334. The Bertz CT molecular complexity index is 1360. The van der Waals surface area contributed by atoms with Crippen molar-refractivity contribution in [3.63, 3.8) is 0 Å². The Labute approximate surface area is 226 Å². The standard InChI is InChI=1S/C30H32BrN3O3/c1-2-37-30(36)29-24-17-28(35)25(31)18-26(24)34(20-23-11-7-4-8-12-23)27(29)21-33-15-13-32(14-16-33)19-22-9-5-3-6-10-22/h3-12,17-18,35H,2,13-16,19-21H2,1H3. The van der Waals surface area contributed by atoms with Gasteiger partial charge in [-0.2, -0.15) is 0 Å². The molecule has 1 saturated heterocycles. The van der Waals surface area contributed by atoms with Crippen molar-refractivity contribution in [3.8, 4) is 5.75 Å². The van der Waals surface area contributed by atoms with Crippen molar-refractivity contribution in [3.05, 3.63) is 99.7 Å². The summed E-state index contributed by atoms with van der Waals surface area (Å²) in [5, 5.41) is 13.3. The van der Waals surface area contributed by atoms with E-state index in [0.29, 0.717) is 28.5 Å². The third kappa shape index (κ3) is 5.74. The maximum atomic E-state index is 13.3. The predicted molar refractivity (Wildman–Crippen MR) is 147 cm³/mol. The van der Waals surface area contributed by atoms with Crippen molar-refractivity contribution in [2.75, 3.05) is 32.8 Å². The van der Waals surface area contributed by atoms with Crippen LogP contribution in [0.15, 0.2) is 77.3 Å². The highest BCUT2D eigenvalue weighted by Crippen LogP contribution is 2.35. The fourth-order valence-corrected chi connectivity index (χ4v) is 5.58. The number of hydrogen-bond acceptors (Lipinski definition) is 4. The molecule has 0 radical (unpaired) electrons.